The molecular weight excluding hydrogens is 841 g/mol. The van der Waals surface area contributed by atoms with Crippen LogP contribution < -0.4 is 0 Å². The number of hydrogen-bond donors (Lipinski definition) is 4. The number of hydrogen-bond acceptors (Lipinski definition) is 10. The Hall–Kier alpha value is -4.76. The van der Waals surface area contributed by atoms with Gasteiger partial charge in [0.1, 0.15) is 22.4 Å². The molecule has 14 nitrogen and oxygen atoms in total. The number of carbonyl (C=O) groups excluding carboxylic acids is 4. The van der Waals surface area contributed by atoms with Crippen LogP contribution in [0, 0.1) is 0 Å². The van der Waals surface area contributed by atoms with E-state index in [0.717, 1.165) is 47.6 Å². The number of ether oxygens (including phenoxy) is 2. The average Bonchev–Trinajstić information content (AvgIpc) is 3.92. The highest BCUT2D eigenvalue weighted by atomic mass is 16.6. The number of aliphatic hydroxyl groups is 4. The number of amides is 2. The molecule has 6 aliphatic rings. The average molecular weight is 909 g/mol. The van der Waals surface area contributed by atoms with Crippen LogP contribution in [0.4, 0.5) is 9.59 Å². The number of rotatable bonds is 2. The second kappa shape index (κ2) is 14.9. The van der Waals surface area contributed by atoms with Crippen molar-refractivity contribution in [2.45, 2.75) is 190 Å². The van der Waals surface area contributed by atoms with Gasteiger partial charge in [0.15, 0.2) is 0 Å². The second-order valence-corrected chi connectivity index (χ2v) is 23.1. The van der Waals surface area contributed by atoms with E-state index >= 15 is 0 Å². The highest BCUT2D eigenvalue weighted by molar-refractivity contribution is 5.96. The summed E-state index contributed by atoms with van der Waals surface area (Å²) in [4.78, 5) is 56.8. The molecule has 356 valence electrons. The second-order valence-electron chi connectivity index (χ2n) is 23.1. The van der Waals surface area contributed by atoms with E-state index in [9.17, 15) is 39.6 Å². The van der Waals surface area contributed by atoms with Crippen molar-refractivity contribution in [3.63, 3.8) is 0 Å². The predicted molar refractivity (Wildman–Crippen MR) is 248 cm³/mol. The van der Waals surface area contributed by atoms with Crippen molar-refractivity contribution < 1.29 is 49.1 Å². The Labute approximate surface area is 386 Å². The van der Waals surface area contributed by atoms with Crippen molar-refractivity contribution >= 4 is 45.8 Å². The number of carbonyl (C=O) groups is 4. The lowest BCUT2D eigenvalue weighted by Crippen LogP contribution is -2.72. The van der Waals surface area contributed by atoms with Crippen LogP contribution in [0.2, 0.25) is 0 Å². The maximum Gasteiger partial charge on any atom is 0.419 e. The smallest absolute Gasteiger partial charge is 0.419 e. The van der Waals surface area contributed by atoms with Gasteiger partial charge in [-0.25, -0.2) is 18.7 Å². The molecule has 4 saturated heterocycles. The maximum absolute atomic E-state index is 13.5. The van der Waals surface area contributed by atoms with Crippen molar-refractivity contribution in [2.75, 3.05) is 13.2 Å². The van der Waals surface area contributed by atoms with Gasteiger partial charge >= 0.3 is 12.2 Å². The van der Waals surface area contributed by atoms with Crippen LogP contribution in [0.5, 0.6) is 0 Å². The third kappa shape index (κ3) is 6.12. The van der Waals surface area contributed by atoms with Crippen molar-refractivity contribution in [2.24, 2.45) is 0 Å². The molecule has 14 heteroatoms. The fourth-order valence-corrected chi connectivity index (χ4v) is 13.8. The van der Waals surface area contributed by atoms with Crippen molar-refractivity contribution in [1.29, 1.82) is 0 Å². The Kier molecular flexibility index (Phi) is 10.4. The van der Waals surface area contributed by atoms with Gasteiger partial charge in [-0.2, -0.15) is 0 Å². The minimum Gasteiger partial charge on any atom is -0.443 e. The molecule has 2 aliphatic carbocycles. The van der Waals surface area contributed by atoms with Crippen LogP contribution >= 0.6 is 0 Å². The summed E-state index contributed by atoms with van der Waals surface area (Å²) in [5.74, 6) is -0.0160. The van der Waals surface area contributed by atoms with E-state index in [1.165, 1.54) is 0 Å². The lowest BCUT2D eigenvalue weighted by molar-refractivity contribution is -0.164. The van der Waals surface area contributed by atoms with Gasteiger partial charge in [-0.05, 0) is 103 Å². The molecule has 2 aromatic heterocycles. The third-order valence-corrected chi connectivity index (χ3v) is 16.5. The molecule has 2 aromatic carbocycles. The number of nitrogens with zero attached hydrogens (tertiary/aromatic N) is 4. The number of piperidine rings is 2. The molecule has 66 heavy (non-hydrogen) atoms. The molecule has 0 radical (unpaired) electrons. The van der Waals surface area contributed by atoms with E-state index in [2.05, 4.69) is 0 Å². The van der Waals surface area contributed by atoms with Crippen LogP contribution in [0.3, 0.4) is 0 Å². The first kappa shape index (κ1) is 46.4. The zero-order valence-electron chi connectivity index (χ0n) is 40.3. The summed E-state index contributed by atoms with van der Waals surface area (Å²) >= 11 is 0. The Morgan fingerprint density at radius 3 is 1.30 bits per heavy atom. The number of aromatic nitrogens is 2. The molecule has 4 N–H and O–H groups in total. The summed E-state index contributed by atoms with van der Waals surface area (Å²) in [6, 6.07) is 15.1. The van der Waals surface area contributed by atoms with E-state index < -0.39 is 56.5 Å². The molecule has 0 unspecified atom stereocenters. The molecule has 0 bridgehead atoms. The highest BCUT2D eigenvalue weighted by Crippen LogP contribution is 2.62. The molecular formula is C52H68N4O10. The molecule has 4 aliphatic heterocycles. The van der Waals surface area contributed by atoms with Gasteiger partial charge in [0, 0.05) is 70.8 Å². The summed E-state index contributed by atoms with van der Waals surface area (Å²) in [6.07, 6.45) is 4.42. The zero-order chi connectivity index (χ0) is 47.9. The van der Waals surface area contributed by atoms with Crippen LogP contribution in [0.15, 0.2) is 48.5 Å². The third-order valence-electron chi connectivity index (χ3n) is 16.5. The minimum absolute atomic E-state index is 0.00800. The van der Waals surface area contributed by atoms with E-state index in [-0.39, 0.29) is 50.0 Å². The number of fused-ring (bicyclic) bond motifs is 12. The Morgan fingerprint density at radius 2 is 0.970 bits per heavy atom. The Balaban J connectivity index is 0.000000166. The topological polar surface area (TPSA) is 184 Å². The highest BCUT2D eigenvalue weighted by Gasteiger charge is 2.74. The summed E-state index contributed by atoms with van der Waals surface area (Å²) in [6.45, 7) is 18.0. The minimum atomic E-state index is -1.40. The molecule has 4 fully saturated rings. The van der Waals surface area contributed by atoms with Gasteiger partial charge in [0.25, 0.3) is 0 Å². The molecule has 2 amide bonds. The molecule has 0 saturated carbocycles. The summed E-state index contributed by atoms with van der Waals surface area (Å²) < 4.78 is 14.8. The van der Waals surface area contributed by atoms with Crippen molar-refractivity contribution in [3.8, 4) is 0 Å². The number of aliphatic hydroxyl groups excluding tert-OH is 2. The lowest BCUT2D eigenvalue weighted by atomic mass is 9.56. The number of benzene rings is 2. The lowest BCUT2D eigenvalue weighted by Gasteiger charge is -2.56. The zero-order valence-corrected chi connectivity index (χ0v) is 40.3. The monoisotopic (exact) mass is 908 g/mol. The molecule has 0 spiro atoms. The SMILES string of the molecule is CC(C)(C)OC(=O)n1c2c(c3ccccc31)C[C@@]1(CO)N3C(=O)CCC[C@H]3C[C@@]1(O)C2(C)C.CC(C)(C)OC(=O)n1c2c(c3ccccc31)C[C@]1(CO)N3C(=O)CCC[C@@H]3C[C@]1(O)C2(C)C. The van der Waals surface area contributed by atoms with Crippen LogP contribution in [0.1, 0.15) is 143 Å². The van der Waals surface area contributed by atoms with E-state index in [0.29, 0.717) is 48.1 Å². The quantitative estimate of drug-likeness (QED) is 0.163. The van der Waals surface area contributed by atoms with Crippen LogP contribution in [-0.2, 0) is 42.7 Å². The Bertz CT molecular complexity index is 2500. The van der Waals surface area contributed by atoms with Crippen LogP contribution in [0.25, 0.3) is 21.8 Å². The molecule has 6 heterocycles. The predicted octanol–water partition coefficient (Wildman–Crippen LogP) is 7.01. The van der Waals surface area contributed by atoms with E-state index in [4.69, 9.17) is 9.47 Å². The first-order valence-electron chi connectivity index (χ1n) is 23.8. The summed E-state index contributed by atoms with van der Waals surface area (Å²) in [5, 5.41) is 48.3. The van der Waals surface area contributed by atoms with Gasteiger partial charge in [-0.3, -0.25) is 9.59 Å². The van der Waals surface area contributed by atoms with E-state index in [1.807, 2.05) is 118 Å². The first-order chi connectivity index (χ1) is 30.8. The molecule has 4 aromatic rings. The van der Waals surface area contributed by atoms with Gasteiger partial charge in [0.05, 0.1) is 35.3 Å². The number of para-hydroxylation sites is 2. The maximum atomic E-state index is 13.5. The normalized spacial score (nSPS) is 30.7. The van der Waals surface area contributed by atoms with Gasteiger partial charge < -0.3 is 39.7 Å². The van der Waals surface area contributed by atoms with Crippen molar-refractivity contribution in [1.82, 2.24) is 18.9 Å². The fraction of sp³-hybridized carbons (Fsp3) is 0.615. The van der Waals surface area contributed by atoms with Gasteiger partial charge in [-0.15, -0.1) is 0 Å². The Morgan fingerprint density at radius 1 is 0.621 bits per heavy atom. The molecule has 6 atom stereocenters. The van der Waals surface area contributed by atoms with Crippen molar-refractivity contribution in [3.05, 3.63) is 71.0 Å². The first-order valence-corrected chi connectivity index (χ1v) is 23.8. The summed E-state index contributed by atoms with van der Waals surface area (Å²) in [5.41, 5.74) is -3.68. The standard InChI is InChI=1S/2C26H34N2O5/c2*1-23(2,3)33-22(31)27-19-11-7-6-10-17(19)18-14-25(15-29)26(32,24(4,5)21(18)27)13-16-9-8-12-20(30)28(16)25/h2*6-7,10-11,16,29,32H,8-9,12-15H2,1-5H3/t2*16-,25-,26+/m10/s1. The largest absolute Gasteiger partial charge is 0.443 e. The van der Waals surface area contributed by atoms with Crippen LogP contribution in [-0.4, -0.2) is 122 Å². The fourth-order valence-electron chi connectivity index (χ4n) is 13.8. The van der Waals surface area contributed by atoms with Gasteiger partial charge in [0.2, 0.25) is 11.8 Å². The molecule has 10 rings (SSSR count). The van der Waals surface area contributed by atoms with E-state index in [1.54, 1.807) is 18.9 Å². The summed E-state index contributed by atoms with van der Waals surface area (Å²) in [7, 11) is 0. The van der Waals surface area contributed by atoms with Gasteiger partial charge in [-0.1, -0.05) is 64.1 Å².